The van der Waals surface area contributed by atoms with Gasteiger partial charge in [0, 0.05) is 15.7 Å². The van der Waals surface area contributed by atoms with Crippen molar-refractivity contribution >= 4 is 33.4 Å². The van der Waals surface area contributed by atoms with Crippen molar-refractivity contribution < 1.29 is 9.47 Å². The van der Waals surface area contributed by atoms with Gasteiger partial charge in [-0.3, -0.25) is 0 Å². The van der Waals surface area contributed by atoms with E-state index in [2.05, 4.69) is 43.4 Å². The molecule has 31 heavy (non-hydrogen) atoms. The number of benzene rings is 2. The van der Waals surface area contributed by atoms with E-state index in [-0.39, 0.29) is 0 Å². The zero-order chi connectivity index (χ0) is 21.6. The van der Waals surface area contributed by atoms with Gasteiger partial charge in [-0.15, -0.1) is 10.2 Å². The Morgan fingerprint density at radius 1 is 1.13 bits per heavy atom. The molecule has 0 radical (unpaired) electrons. The van der Waals surface area contributed by atoms with E-state index in [4.69, 9.17) is 9.47 Å². The lowest BCUT2D eigenvalue weighted by atomic mass is 10.1. The minimum Gasteiger partial charge on any atom is -0.493 e. The average Bonchev–Trinajstić information content (AvgIpc) is 2.95. The zero-order valence-electron chi connectivity index (χ0n) is 17.6. The van der Waals surface area contributed by atoms with E-state index in [1.54, 1.807) is 0 Å². The van der Waals surface area contributed by atoms with E-state index in [1.807, 2.05) is 48.7 Å². The molecule has 4 rings (SSSR count). The predicted octanol–water partition coefficient (Wildman–Crippen LogP) is 6.49. The molecule has 0 bridgehead atoms. The molecule has 0 aliphatic carbocycles. The van der Waals surface area contributed by atoms with Crippen LogP contribution in [0, 0.1) is 0 Å². The number of ether oxygens (including phenoxy) is 2. The highest BCUT2D eigenvalue weighted by Gasteiger charge is 2.28. The van der Waals surface area contributed by atoms with Gasteiger partial charge in [0.05, 0.1) is 12.2 Å². The second-order valence-corrected chi connectivity index (χ2v) is 8.92. The Morgan fingerprint density at radius 3 is 2.84 bits per heavy atom. The lowest BCUT2D eigenvalue weighted by Crippen LogP contribution is -2.18. The molecule has 0 spiro atoms. The van der Waals surface area contributed by atoms with Crippen molar-refractivity contribution in [3.05, 3.63) is 52.5 Å². The third kappa shape index (κ3) is 5.13. The lowest BCUT2D eigenvalue weighted by Gasteiger charge is -2.22. The van der Waals surface area contributed by atoms with E-state index in [0.717, 1.165) is 33.5 Å². The fraction of sp³-hybridized carbons (Fsp3) is 0.348. The van der Waals surface area contributed by atoms with Gasteiger partial charge < -0.3 is 14.8 Å². The van der Waals surface area contributed by atoms with Crippen LogP contribution in [-0.4, -0.2) is 28.0 Å². The quantitative estimate of drug-likeness (QED) is 0.280. The van der Waals surface area contributed by atoms with Gasteiger partial charge in [-0.05, 0) is 43.0 Å². The van der Waals surface area contributed by atoms with Gasteiger partial charge in [0.1, 0.15) is 5.75 Å². The number of halogens is 1. The van der Waals surface area contributed by atoms with Crippen LogP contribution < -0.4 is 14.8 Å². The summed E-state index contributed by atoms with van der Waals surface area (Å²) < 4.78 is 13.4. The summed E-state index contributed by atoms with van der Waals surface area (Å²) in [6.45, 7) is 2.89. The second kappa shape index (κ2) is 10.3. The number of fused-ring (bicyclic) bond motifs is 3. The van der Waals surface area contributed by atoms with Crippen molar-refractivity contribution in [2.24, 2.45) is 0 Å². The summed E-state index contributed by atoms with van der Waals surface area (Å²) in [7, 11) is 0. The normalized spacial score (nSPS) is 14.6. The van der Waals surface area contributed by atoms with Crippen LogP contribution in [-0.2, 0) is 0 Å². The molecule has 1 aromatic heterocycles. The van der Waals surface area contributed by atoms with Gasteiger partial charge in [-0.1, -0.05) is 66.0 Å². The van der Waals surface area contributed by atoms with Crippen LogP contribution in [0.25, 0.3) is 11.3 Å². The number of anilines is 1. The van der Waals surface area contributed by atoms with Crippen molar-refractivity contribution in [2.45, 2.75) is 44.0 Å². The third-order valence-corrected chi connectivity index (χ3v) is 6.06. The molecule has 0 saturated carbocycles. The fourth-order valence-corrected chi connectivity index (χ4v) is 4.09. The highest BCUT2D eigenvalue weighted by Crippen LogP contribution is 2.42. The molecule has 0 unspecified atom stereocenters. The molecule has 0 fully saturated rings. The number of nitrogens with one attached hydrogen (secondary N) is 1. The molecule has 3 aromatic rings. The van der Waals surface area contributed by atoms with E-state index in [0.29, 0.717) is 23.3 Å². The maximum atomic E-state index is 6.36. The van der Waals surface area contributed by atoms with Gasteiger partial charge in [0.2, 0.25) is 17.3 Å². The van der Waals surface area contributed by atoms with Crippen molar-refractivity contribution in [2.75, 3.05) is 18.2 Å². The number of rotatable bonds is 8. The Morgan fingerprint density at radius 2 is 2.00 bits per heavy atom. The largest absolute Gasteiger partial charge is 0.493 e. The summed E-state index contributed by atoms with van der Waals surface area (Å²) in [6, 6.07) is 14.0. The predicted molar refractivity (Wildman–Crippen MR) is 128 cm³/mol. The van der Waals surface area contributed by atoms with Crippen LogP contribution in [0.2, 0.25) is 0 Å². The van der Waals surface area contributed by atoms with Gasteiger partial charge in [-0.25, -0.2) is 0 Å². The fourth-order valence-electron chi connectivity index (χ4n) is 3.44. The van der Waals surface area contributed by atoms with Crippen molar-refractivity contribution in [1.82, 2.24) is 15.2 Å². The number of hydrogen-bond donors (Lipinski definition) is 1. The average molecular weight is 501 g/mol. The molecule has 2 heterocycles. The van der Waals surface area contributed by atoms with Crippen LogP contribution in [0.4, 0.5) is 5.69 Å². The summed E-state index contributed by atoms with van der Waals surface area (Å²) in [5.74, 6) is 1.26. The zero-order valence-corrected chi connectivity index (χ0v) is 20.0. The maximum Gasteiger partial charge on any atom is 0.247 e. The Labute approximate surface area is 195 Å². The summed E-state index contributed by atoms with van der Waals surface area (Å²) in [5.41, 5.74) is 3.32. The Bertz CT molecular complexity index is 1050. The van der Waals surface area contributed by atoms with Crippen LogP contribution in [0.5, 0.6) is 11.6 Å². The lowest BCUT2D eigenvalue weighted by molar-refractivity contribution is 0.215. The van der Waals surface area contributed by atoms with E-state index in [9.17, 15) is 0 Å². The van der Waals surface area contributed by atoms with Crippen molar-refractivity contribution in [3.8, 4) is 22.9 Å². The van der Waals surface area contributed by atoms with E-state index in [1.165, 1.54) is 31.0 Å². The first-order valence-corrected chi connectivity index (χ1v) is 12.4. The summed E-state index contributed by atoms with van der Waals surface area (Å²) in [4.78, 5) is 4.59. The minimum absolute atomic E-state index is 0.450. The van der Waals surface area contributed by atoms with E-state index < -0.39 is 6.23 Å². The van der Waals surface area contributed by atoms with Crippen molar-refractivity contribution in [1.29, 1.82) is 0 Å². The molecule has 0 amide bonds. The van der Waals surface area contributed by atoms with Gasteiger partial charge >= 0.3 is 0 Å². The molecular weight excluding hydrogens is 476 g/mol. The summed E-state index contributed by atoms with van der Waals surface area (Å²) >= 11 is 4.98. The summed E-state index contributed by atoms with van der Waals surface area (Å²) in [6.07, 6.45) is 6.09. The SMILES string of the molecule is CCCCCCOc1ccccc1[C@H]1Nc2ccc(Br)cc2-c2nnc(SC)nc2O1. The molecule has 162 valence electrons. The van der Waals surface area contributed by atoms with Gasteiger partial charge in [-0.2, -0.15) is 4.98 Å². The Hall–Kier alpha value is -2.32. The van der Waals surface area contributed by atoms with Crippen LogP contribution in [0.3, 0.4) is 0 Å². The van der Waals surface area contributed by atoms with Gasteiger partial charge in [0.25, 0.3) is 0 Å². The first kappa shape index (κ1) is 21.9. The van der Waals surface area contributed by atoms with Gasteiger partial charge in [0.15, 0.2) is 5.69 Å². The van der Waals surface area contributed by atoms with Crippen LogP contribution in [0.15, 0.2) is 52.1 Å². The highest BCUT2D eigenvalue weighted by molar-refractivity contribution is 9.10. The standard InChI is InChI=1S/C23H25BrN4O2S/c1-3-4-5-8-13-29-19-10-7-6-9-16(19)21-25-18-12-11-15(24)14-17(18)20-22(30-21)26-23(31-2)28-27-20/h6-7,9-12,14,21,25H,3-5,8,13H2,1-2H3/t21-/m0/s1. The smallest absolute Gasteiger partial charge is 0.247 e. The number of para-hydroxylation sites is 1. The van der Waals surface area contributed by atoms with Crippen LogP contribution in [0.1, 0.15) is 44.4 Å². The first-order valence-electron chi connectivity index (χ1n) is 10.4. The molecular formula is C23H25BrN4O2S. The molecule has 6 nitrogen and oxygen atoms in total. The molecule has 1 N–H and O–H groups in total. The molecule has 1 atom stereocenters. The first-order chi connectivity index (χ1) is 15.2. The number of nitrogens with zero attached hydrogens (tertiary/aromatic N) is 3. The summed E-state index contributed by atoms with van der Waals surface area (Å²) in [5, 5.41) is 12.7. The number of aromatic nitrogens is 3. The Kier molecular flexibility index (Phi) is 7.29. The highest BCUT2D eigenvalue weighted by atomic mass is 79.9. The second-order valence-electron chi connectivity index (χ2n) is 7.23. The minimum atomic E-state index is -0.473. The van der Waals surface area contributed by atoms with E-state index >= 15 is 0 Å². The topological polar surface area (TPSA) is 69.2 Å². The molecule has 1 aliphatic rings. The number of unbranched alkanes of at least 4 members (excludes halogenated alkanes) is 3. The third-order valence-electron chi connectivity index (χ3n) is 5.03. The number of thioether (sulfide) groups is 1. The van der Waals surface area contributed by atoms with Crippen molar-refractivity contribution in [3.63, 3.8) is 0 Å². The number of hydrogen-bond acceptors (Lipinski definition) is 7. The van der Waals surface area contributed by atoms with Crippen LogP contribution >= 0.6 is 27.7 Å². The molecule has 8 heteroatoms. The Balaban J connectivity index is 1.68. The monoisotopic (exact) mass is 500 g/mol. The molecule has 1 aliphatic heterocycles. The maximum absolute atomic E-state index is 6.36. The molecule has 2 aromatic carbocycles. The molecule has 0 saturated heterocycles.